The van der Waals surface area contributed by atoms with E-state index in [2.05, 4.69) is 20.5 Å². The van der Waals surface area contributed by atoms with Crippen LogP contribution in [0.15, 0.2) is 6.33 Å². The molecule has 0 aliphatic heterocycles. The van der Waals surface area contributed by atoms with E-state index in [1.807, 2.05) is 0 Å². The molecule has 17 heavy (non-hydrogen) atoms. The van der Waals surface area contributed by atoms with Gasteiger partial charge in [-0.1, -0.05) is 6.42 Å². The maximum atomic E-state index is 11.8. The van der Waals surface area contributed by atoms with E-state index in [0.717, 1.165) is 6.42 Å². The number of nitrogens with one attached hydrogen (secondary N) is 2. The minimum Gasteiger partial charge on any atom is -0.480 e. The molecule has 2 rings (SSSR count). The molecule has 1 fully saturated rings. The molecule has 0 saturated heterocycles. The Morgan fingerprint density at radius 3 is 2.76 bits per heavy atom. The molecule has 1 aliphatic carbocycles. The third-order valence-electron chi connectivity index (χ3n) is 3.16. The molecule has 1 aromatic heterocycles. The number of rotatable bonds is 5. The molecular weight excluding hydrogens is 224 g/mol. The van der Waals surface area contributed by atoms with Gasteiger partial charge in [-0.15, -0.1) is 0 Å². The maximum Gasteiger partial charge on any atom is 0.319 e. The number of nitrogens with zero attached hydrogens (tertiary/aromatic N) is 2. The smallest absolute Gasteiger partial charge is 0.319 e. The fourth-order valence-electron chi connectivity index (χ4n) is 1.88. The van der Waals surface area contributed by atoms with Crippen molar-refractivity contribution in [1.29, 1.82) is 0 Å². The minimum absolute atomic E-state index is 0.364. The molecule has 1 saturated carbocycles. The first-order chi connectivity index (χ1) is 8.15. The van der Waals surface area contributed by atoms with Crippen molar-refractivity contribution >= 4 is 11.9 Å². The fraction of sp³-hybridized carbons (Fsp3) is 0.600. The zero-order valence-electron chi connectivity index (χ0n) is 9.27. The molecule has 0 radical (unpaired) electrons. The van der Waals surface area contributed by atoms with Crippen molar-refractivity contribution in [2.75, 3.05) is 6.54 Å². The van der Waals surface area contributed by atoms with Gasteiger partial charge in [-0.2, -0.15) is 5.10 Å². The molecular formula is C10H14N4O3. The summed E-state index contributed by atoms with van der Waals surface area (Å²) in [6, 6.07) is 0. The van der Waals surface area contributed by atoms with Crippen LogP contribution in [0.2, 0.25) is 0 Å². The number of hydrogen-bond donors (Lipinski definition) is 3. The quantitative estimate of drug-likeness (QED) is 0.611. The van der Waals surface area contributed by atoms with Crippen LogP contribution < -0.4 is 5.32 Å². The highest BCUT2D eigenvalue weighted by molar-refractivity contribution is 6.02. The SMILES string of the molecule is O=C(O)C1(C(=O)NCCc2ncn[nH]2)CCC1. The number of carbonyl (C=O) groups excluding carboxylic acids is 1. The number of carboxylic acid groups (broad SMARTS) is 1. The Kier molecular flexibility index (Phi) is 3.08. The Bertz CT molecular complexity index is 411. The standard InChI is InChI=1S/C10H14N4O3/c15-8(10(9(16)17)3-1-4-10)11-5-2-7-12-6-13-14-7/h6H,1-5H2,(H,11,15)(H,16,17)(H,12,13,14). The molecule has 0 atom stereocenters. The van der Waals surface area contributed by atoms with Crippen LogP contribution in [0.5, 0.6) is 0 Å². The summed E-state index contributed by atoms with van der Waals surface area (Å²) in [5, 5.41) is 18.0. The number of amides is 1. The molecule has 3 N–H and O–H groups in total. The van der Waals surface area contributed by atoms with Crippen molar-refractivity contribution in [3.63, 3.8) is 0 Å². The molecule has 1 heterocycles. The van der Waals surface area contributed by atoms with E-state index in [1.165, 1.54) is 6.33 Å². The number of hydrogen-bond acceptors (Lipinski definition) is 4. The normalized spacial score (nSPS) is 17.2. The predicted octanol–water partition coefficient (Wildman–Crippen LogP) is -0.282. The van der Waals surface area contributed by atoms with E-state index in [0.29, 0.717) is 31.6 Å². The largest absolute Gasteiger partial charge is 0.480 e. The van der Waals surface area contributed by atoms with Gasteiger partial charge in [0, 0.05) is 13.0 Å². The summed E-state index contributed by atoms with van der Waals surface area (Å²) in [6.07, 6.45) is 3.55. The number of carboxylic acids is 1. The number of aromatic amines is 1. The topological polar surface area (TPSA) is 108 Å². The molecule has 1 aliphatic rings. The predicted molar refractivity (Wildman–Crippen MR) is 57.0 cm³/mol. The molecule has 0 bridgehead atoms. The third-order valence-corrected chi connectivity index (χ3v) is 3.16. The maximum absolute atomic E-state index is 11.8. The summed E-state index contributed by atoms with van der Waals surface area (Å²) < 4.78 is 0. The first-order valence-corrected chi connectivity index (χ1v) is 5.51. The van der Waals surface area contributed by atoms with E-state index in [1.54, 1.807) is 0 Å². The van der Waals surface area contributed by atoms with Gasteiger partial charge in [0.25, 0.3) is 0 Å². The molecule has 1 aromatic rings. The van der Waals surface area contributed by atoms with Crippen LogP contribution in [0.1, 0.15) is 25.1 Å². The van der Waals surface area contributed by atoms with Gasteiger partial charge in [0.1, 0.15) is 17.6 Å². The number of aliphatic carboxylic acids is 1. The van der Waals surface area contributed by atoms with Crippen molar-refractivity contribution in [3.05, 3.63) is 12.2 Å². The lowest BCUT2D eigenvalue weighted by molar-refractivity contribution is -0.162. The summed E-state index contributed by atoms with van der Waals surface area (Å²) in [4.78, 5) is 26.7. The first kappa shape index (κ1) is 11.6. The zero-order valence-corrected chi connectivity index (χ0v) is 9.27. The van der Waals surface area contributed by atoms with Crippen LogP contribution in [-0.2, 0) is 16.0 Å². The Balaban J connectivity index is 1.83. The van der Waals surface area contributed by atoms with Gasteiger partial charge < -0.3 is 10.4 Å². The van der Waals surface area contributed by atoms with E-state index < -0.39 is 17.3 Å². The Labute approximate surface area is 97.6 Å². The number of H-pyrrole nitrogens is 1. The number of carbonyl (C=O) groups is 2. The third kappa shape index (κ3) is 2.13. The summed E-state index contributed by atoms with van der Waals surface area (Å²) in [5.41, 5.74) is -1.19. The van der Waals surface area contributed by atoms with Crippen LogP contribution in [0.4, 0.5) is 0 Å². The van der Waals surface area contributed by atoms with Crippen LogP contribution in [0.25, 0.3) is 0 Å². The second-order valence-corrected chi connectivity index (χ2v) is 4.18. The molecule has 0 spiro atoms. The van der Waals surface area contributed by atoms with Crippen LogP contribution >= 0.6 is 0 Å². The van der Waals surface area contributed by atoms with Crippen LogP contribution in [0.3, 0.4) is 0 Å². The van der Waals surface area contributed by atoms with E-state index >= 15 is 0 Å². The lowest BCUT2D eigenvalue weighted by atomic mass is 9.68. The van der Waals surface area contributed by atoms with E-state index in [9.17, 15) is 9.59 Å². The van der Waals surface area contributed by atoms with Gasteiger partial charge >= 0.3 is 5.97 Å². The molecule has 92 valence electrons. The molecule has 0 unspecified atom stereocenters. The zero-order chi connectivity index (χ0) is 12.3. The minimum atomic E-state index is -1.19. The van der Waals surface area contributed by atoms with Gasteiger partial charge in [-0.25, -0.2) is 4.98 Å². The van der Waals surface area contributed by atoms with Gasteiger partial charge in [0.2, 0.25) is 5.91 Å². The summed E-state index contributed by atoms with van der Waals surface area (Å²) in [6.45, 7) is 0.364. The highest BCUT2D eigenvalue weighted by atomic mass is 16.4. The molecule has 7 nitrogen and oxygen atoms in total. The van der Waals surface area contributed by atoms with Gasteiger partial charge in [0.05, 0.1) is 0 Å². The summed E-state index contributed by atoms with van der Waals surface area (Å²) in [5.74, 6) is -0.750. The van der Waals surface area contributed by atoms with E-state index in [4.69, 9.17) is 5.11 Å². The van der Waals surface area contributed by atoms with Crippen LogP contribution in [0, 0.1) is 5.41 Å². The Hall–Kier alpha value is -1.92. The summed E-state index contributed by atoms with van der Waals surface area (Å²) >= 11 is 0. The first-order valence-electron chi connectivity index (χ1n) is 5.51. The average molecular weight is 238 g/mol. The molecule has 1 amide bonds. The highest BCUT2D eigenvalue weighted by Crippen LogP contribution is 2.41. The van der Waals surface area contributed by atoms with Gasteiger partial charge in [-0.3, -0.25) is 14.7 Å². The Morgan fingerprint density at radius 1 is 1.53 bits per heavy atom. The van der Waals surface area contributed by atoms with Gasteiger partial charge in [-0.05, 0) is 12.8 Å². The fourth-order valence-corrected chi connectivity index (χ4v) is 1.88. The number of aromatic nitrogens is 3. The second-order valence-electron chi connectivity index (χ2n) is 4.18. The highest BCUT2D eigenvalue weighted by Gasteiger charge is 2.50. The lowest BCUT2D eigenvalue weighted by Crippen LogP contribution is -2.51. The monoisotopic (exact) mass is 238 g/mol. The summed E-state index contributed by atoms with van der Waals surface area (Å²) in [7, 11) is 0. The average Bonchev–Trinajstić information content (AvgIpc) is 2.67. The van der Waals surface area contributed by atoms with Crippen molar-refractivity contribution in [3.8, 4) is 0 Å². The Morgan fingerprint density at radius 2 is 2.29 bits per heavy atom. The molecule has 7 heteroatoms. The van der Waals surface area contributed by atoms with Crippen molar-refractivity contribution in [2.24, 2.45) is 5.41 Å². The van der Waals surface area contributed by atoms with Crippen molar-refractivity contribution in [2.45, 2.75) is 25.7 Å². The van der Waals surface area contributed by atoms with Crippen LogP contribution in [-0.4, -0.2) is 38.7 Å². The lowest BCUT2D eigenvalue weighted by Gasteiger charge is -2.35. The van der Waals surface area contributed by atoms with E-state index in [-0.39, 0.29) is 0 Å². The molecule has 0 aromatic carbocycles. The van der Waals surface area contributed by atoms with Crippen molar-refractivity contribution < 1.29 is 14.7 Å². The second kappa shape index (κ2) is 4.52. The van der Waals surface area contributed by atoms with Crippen molar-refractivity contribution in [1.82, 2.24) is 20.5 Å². The van der Waals surface area contributed by atoms with Gasteiger partial charge in [0.15, 0.2) is 0 Å².